The summed E-state index contributed by atoms with van der Waals surface area (Å²) in [6.07, 6.45) is 8.09. The third kappa shape index (κ3) is 4.32. The van der Waals surface area contributed by atoms with Gasteiger partial charge in [-0.3, -0.25) is 19.3 Å². The molecule has 0 aromatic carbocycles. The fraction of sp³-hybridized carbons (Fsp3) is 0.143. The zero-order valence-electron chi connectivity index (χ0n) is 17.1. The maximum atomic E-state index is 12.5. The number of carbonyl (C=O) groups is 1. The minimum absolute atomic E-state index is 0.0214. The third-order valence-electron chi connectivity index (χ3n) is 4.49. The number of anilines is 1. The van der Waals surface area contributed by atoms with E-state index in [2.05, 4.69) is 25.4 Å². The summed E-state index contributed by atoms with van der Waals surface area (Å²) in [5.41, 5.74) is 1.51. The molecule has 0 aliphatic rings. The van der Waals surface area contributed by atoms with E-state index in [0.29, 0.717) is 17.2 Å². The van der Waals surface area contributed by atoms with Crippen LogP contribution < -0.4 is 15.6 Å². The zero-order chi connectivity index (χ0) is 22.0. The van der Waals surface area contributed by atoms with Gasteiger partial charge in [-0.2, -0.15) is 5.10 Å². The molecule has 0 saturated carbocycles. The van der Waals surface area contributed by atoms with Crippen LogP contribution in [0.5, 0.6) is 11.5 Å². The Morgan fingerprint density at radius 3 is 2.61 bits per heavy atom. The van der Waals surface area contributed by atoms with Gasteiger partial charge >= 0.3 is 0 Å². The average molecular weight is 417 g/mol. The molecule has 0 spiro atoms. The summed E-state index contributed by atoms with van der Waals surface area (Å²) >= 11 is 0. The summed E-state index contributed by atoms with van der Waals surface area (Å²) in [6, 6.07) is 6.79. The summed E-state index contributed by atoms with van der Waals surface area (Å²) in [5, 5.41) is 6.76. The van der Waals surface area contributed by atoms with Crippen molar-refractivity contribution < 1.29 is 9.53 Å². The number of ether oxygens (including phenoxy) is 1. The molecule has 0 aliphatic carbocycles. The molecule has 0 aliphatic heterocycles. The van der Waals surface area contributed by atoms with Crippen LogP contribution >= 0.6 is 0 Å². The lowest BCUT2D eigenvalue weighted by molar-refractivity contribution is 0.102. The highest BCUT2D eigenvalue weighted by Crippen LogP contribution is 2.25. The van der Waals surface area contributed by atoms with E-state index >= 15 is 0 Å². The van der Waals surface area contributed by atoms with Crippen LogP contribution in [-0.4, -0.2) is 35.2 Å². The number of amides is 1. The van der Waals surface area contributed by atoms with E-state index < -0.39 is 11.5 Å². The van der Waals surface area contributed by atoms with Gasteiger partial charge in [-0.05, 0) is 25.1 Å². The van der Waals surface area contributed by atoms with E-state index in [-0.39, 0.29) is 11.4 Å². The molecule has 10 nitrogen and oxygen atoms in total. The first-order valence-corrected chi connectivity index (χ1v) is 9.33. The van der Waals surface area contributed by atoms with Crippen molar-refractivity contribution >= 4 is 11.7 Å². The summed E-state index contributed by atoms with van der Waals surface area (Å²) in [6.45, 7) is 1.61. The first-order valence-electron chi connectivity index (χ1n) is 9.33. The van der Waals surface area contributed by atoms with Gasteiger partial charge in [0.05, 0.1) is 30.1 Å². The molecule has 4 aromatic heterocycles. The van der Waals surface area contributed by atoms with Crippen molar-refractivity contribution in [2.75, 3.05) is 5.32 Å². The second-order valence-electron chi connectivity index (χ2n) is 6.84. The largest absolute Gasteiger partial charge is 0.456 e. The number of nitrogens with one attached hydrogen (secondary N) is 1. The van der Waals surface area contributed by atoms with Gasteiger partial charge < -0.3 is 14.6 Å². The number of hydrogen-bond donors (Lipinski definition) is 1. The topological polar surface area (TPSA) is 117 Å². The molecule has 1 amide bonds. The Morgan fingerprint density at radius 1 is 1.06 bits per heavy atom. The van der Waals surface area contributed by atoms with Crippen molar-refractivity contribution in [1.82, 2.24) is 29.3 Å². The number of hydrogen-bond acceptors (Lipinski definition) is 7. The Balaban J connectivity index is 1.48. The highest BCUT2D eigenvalue weighted by Gasteiger charge is 2.16. The fourth-order valence-corrected chi connectivity index (χ4v) is 2.90. The van der Waals surface area contributed by atoms with E-state index in [1.54, 1.807) is 48.3 Å². The van der Waals surface area contributed by atoms with Crippen LogP contribution in [0.4, 0.5) is 5.82 Å². The van der Waals surface area contributed by atoms with Crippen molar-refractivity contribution in [3.8, 4) is 22.8 Å². The van der Waals surface area contributed by atoms with E-state index in [1.807, 2.05) is 13.2 Å². The zero-order valence-corrected chi connectivity index (χ0v) is 17.1. The molecule has 31 heavy (non-hydrogen) atoms. The predicted molar refractivity (Wildman–Crippen MR) is 113 cm³/mol. The highest BCUT2D eigenvalue weighted by molar-refractivity contribution is 6.04. The molecule has 0 unspecified atom stereocenters. The van der Waals surface area contributed by atoms with Crippen LogP contribution in [0.2, 0.25) is 0 Å². The third-order valence-corrected chi connectivity index (χ3v) is 4.49. The Labute approximate surface area is 177 Å². The first-order chi connectivity index (χ1) is 14.9. The monoisotopic (exact) mass is 417 g/mol. The molecule has 156 valence electrons. The molecule has 4 heterocycles. The van der Waals surface area contributed by atoms with Gasteiger partial charge in [0.1, 0.15) is 22.9 Å². The highest BCUT2D eigenvalue weighted by atomic mass is 16.5. The molecule has 1 N–H and O–H groups in total. The van der Waals surface area contributed by atoms with Crippen molar-refractivity contribution in [3.63, 3.8) is 0 Å². The summed E-state index contributed by atoms with van der Waals surface area (Å²) < 4.78 is 8.79. The minimum Gasteiger partial charge on any atom is -0.456 e. The van der Waals surface area contributed by atoms with Gasteiger partial charge in [0, 0.05) is 38.1 Å². The minimum atomic E-state index is -0.567. The standard InChI is InChI=1S/C21H19N7O3/c1-13-19(21(30)27(2)12-24-13)20(29)26-18-5-4-16(10-23-18)31-15-6-7-22-17(8-15)14-9-25-28(3)11-14/h4-12H,1-3H3,(H,23,26,29). The van der Waals surface area contributed by atoms with E-state index in [0.717, 1.165) is 11.3 Å². The normalized spacial score (nSPS) is 10.7. The Kier molecular flexibility index (Phi) is 5.27. The van der Waals surface area contributed by atoms with Crippen LogP contribution in [0, 0.1) is 6.92 Å². The molecule has 0 atom stereocenters. The van der Waals surface area contributed by atoms with Gasteiger partial charge in [0.25, 0.3) is 11.5 Å². The van der Waals surface area contributed by atoms with E-state index in [1.165, 1.54) is 24.1 Å². The summed E-state index contributed by atoms with van der Waals surface area (Å²) in [5.74, 6) is 0.785. The second kappa shape index (κ2) is 8.19. The molecule has 0 radical (unpaired) electrons. The smallest absolute Gasteiger partial charge is 0.266 e. The maximum Gasteiger partial charge on any atom is 0.266 e. The van der Waals surface area contributed by atoms with Gasteiger partial charge in [0.2, 0.25) is 0 Å². The van der Waals surface area contributed by atoms with Crippen LogP contribution in [-0.2, 0) is 14.1 Å². The number of aromatic nitrogens is 6. The Bertz CT molecular complexity index is 1310. The van der Waals surface area contributed by atoms with Gasteiger partial charge in [0.15, 0.2) is 0 Å². The SMILES string of the molecule is Cc1ncn(C)c(=O)c1C(=O)Nc1ccc(Oc2ccnc(-c3cnn(C)c3)c2)cn1. The van der Waals surface area contributed by atoms with E-state index in [4.69, 9.17) is 4.74 Å². The number of aryl methyl sites for hydroxylation is 3. The first kappa shape index (κ1) is 20.0. The summed E-state index contributed by atoms with van der Waals surface area (Å²) in [4.78, 5) is 37.3. The second-order valence-corrected chi connectivity index (χ2v) is 6.84. The maximum absolute atomic E-state index is 12.5. The van der Waals surface area contributed by atoms with Gasteiger partial charge in [-0.1, -0.05) is 0 Å². The lowest BCUT2D eigenvalue weighted by Crippen LogP contribution is -2.29. The summed E-state index contributed by atoms with van der Waals surface area (Å²) in [7, 11) is 3.37. The number of rotatable bonds is 5. The van der Waals surface area contributed by atoms with Crippen LogP contribution in [0.25, 0.3) is 11.3 Å². The van der Waals surface area contributed by atoms with Gasteiger partial charge in [-0.15, -0.1) is 0 Å². The molecule has 0 bridgehead atoms. The van der Waals surface area contributed by atoms with Crippen molar-refractivity contribution in [2.45, 2.75) is 6.92 Å². The molecular formula is C21H19N7O3. The Hall–Kier alpha value is -4.34. The van der Waals surface area contributed by atoms with Crippen LogP contribution in [0.1, 0.15) is 16.1 Å². The van der Waals surface area contributed by atoms with Crippen molar-refractivity contribution in [1.29, 1.82) is 0 Å². The van der Waals surface area contributed by atoms with Crippen molar-refractivity contribution in [2.24, 2.45) is 14.1 Å². The number of carbonyl (C=O) groups excluding carboxylic acids is 1. The molecule has 0 saturated heterocycles. The predicted octanol–water partition coefficient (Wildman–Crippen LogP) is 2.32. The quantitative estimate of drug-likeness (QED) is 0.530. The molecule has 4 rings (SSSR count). The lowest BCUT2D eigenvalue weighted by Gasteiger charge is -2.09. The van der Waals surface area contributed by atoms with Crippen LogP contribution in [0.3, 0.4) is 0 Å². The van der Waals surface area contributed by atoms with E-state index in [9.17, 15) is 9.59 Å². The fourth-order valence-electron chi connectivity index (χ4n) is 2.90. The molecular weight excluding hydrogens is 398 g/mol. The average Bonchev–Trinajstić information content (AvgIpc) is 3.19. The number of pyridine rings is 2. The Morgan fingerprint density at radius 2 is 1.90 bits per heavy atom. The molecule has 0 fully saturated rings. The van der Waals surface area contributed by atoms with Gasteiger partial charge in [-0.25, -0.2) is 9.97 Å². The van der Waals surface area contributed by atoms with Crippen molar-refractivity contribution in [3.05, 3.63) is 77.0 Å². The van der Waals surface area contributed by atoms with Crippen LogP contribution in [0.15, 0.2) is 60.2 Å². The molecule has 4 aromatic rings. The number of nitrogens with zero attached hydrogens (tertiary/aromatic N) is 6. The lowest BCUT2D eigenvalue weighted by atomic mass is 10.2. The molecule has 10 heteroatoms.